The molecule has 0 aromatic heterocycles. The second-order valence-electron chi connectivity index (χ2n) is 6.63. The lowest BCUT2D eigenvalue weighted by Gasteiger charge is -2.28. The van der Waals surface area contributed by atoms with Gasteiger partial charge in [-0.05, 0) is 30.9 Å². The minimum absolute atomic E-state index is 0.0853. The molecule has 22 heavy (non-hydrogen) atoms. The summed E-state index contributed by atoms with van der Waals surface area (Å²) in [5, 5.41) is 12.8. The lowest BCUT2D eigenvalue weighted by Crippen LogP contribution is -2.30. The van der Waals surface area contributed by atoms with Crippen LogP contribution in [0.5, 0.6) is 0 Å². The monoisotopic (exact) mass is 304 g/mol. The third-order valence-corrected chi connectivity index (χ3v) is 4.59. The molecule has 1 unspecified atom stereocenters. The number of carbonyl (C=O) groups excluding carboxylic acids is 1. The van der Waals surface area contributed by atoms with Gasteiger partial charge in [-0.25, -0.2) is 0 Å². The highest BCUT2D eigenvalue weighted by molar-refractivity contribution is 5.94. The first-order valence-electron chi connectivity index (χ1n) is 8.29. The van der Waals surface area contributed by atoms with Gasteiger partial charge in [-0.2, -0.15) is 0 Å². The molecular formula is C18H28N2O2. The number of hydrogen-bond acceptors (Lipinski definition) is 3. The zero-order valence-electron chi connectivity index (χ0n) is 13.9. The van der Waals surface area contributed by atoms with Gasteiger partial charge in [0.05, 0.1) is 23.9 Å². The Hall–Kier alpha value is -1.55. The van der Waals surface area contributed by atoms with Gasteiger partial charge in [-0.3, -0.25) is 4.79 Å². The number of nitrogens with one attached hydrogen (secondary N) is 1. The van der Waals surface area contributed by atoms with Crippen LogP contribution < -0.4 is 10.2 Å². The minimum atomic E-state index is -0.597. The van der Waals surface area contributed by atoms with Crippen LogP contribution >= 0.6 is 0 Å². The van der Waals surface area contributed by atoms with Crippen LogP contribution in [0.25, 0.3) is 0 Å². The molecule has 2 N–H and O–H groups in total. The minimum Gasteiger partial charge on any atom is -0.392 e. The zero-order chi connectivity index (χ0) is 16.1. The van der Waals surface area contributed by atoms with Gasteiger partial charge >= 0.3 is 0 Å². The quantitative estimate of drug-likeness (QED) is 0.847. The summed E-state index contributed by atoms with van der Waals surface area (Å²) in [7, 11) is 2.10. The maximum absolute atomic E-state index is 12.1. The fourth-order valence-electron chi connectivity index (χ4n) is 3.00. The van der Waals surface area contributed by atoms with Gasteiger partial charge in [0.15, 0.2) is 0 Å². The average molecular weight is 304 g/mol. The van der Waals surface area contributed by atoms with Crippen molar-refractivity contribution < 1.29 is 9.90 Å². The van der Waals surface area contributed by atoms with E-state index in [1.807, 2.05) is 38.1 Å². The summed E-state index contributed by atoms with van der Waals surface area (Å²) in [6, 6.07) is 8.46. The molecule has 0 bridgehead atoms. The molecule has 0 aliphatic heterocycles. The van der Waals surface area contributed by atoms with E-state index in [2.05, 4.69) is 17.3 Å². The molecule has 122 valence electrons. The Balaban J connectivity index is 2.06. The van der Waals surface area contributed by atoms with Crippen molar-refractivity contribution in [2.75, 3.05) is 17.3 Å². The van der Waals surface area contributed by atoms with Crippen molar-refractivity contribution >= 4 is 17.3 Å². The molecule has 0 spiro atoms. The fourth-order valence-corrected chi connectivity index (χ4v) is 3.00. The third kappa shape index (κ3) is 4.23. The van der Waals surface area contributed by atoms with Crippen molar-refractivity contribution in [2.24, 2.45) is 5.92 Å². The van der Waals surface area contributed by atoms with Gasteiger partial charge < -0.3 is 15.3 Å². The Morgan fingerprint density at radius 1 is 1.32 bits per heavy atom. The molecule has 4 heteroatoms. The van der Waals surface area contributed by atoms with Crippen LogP contribution in [0.2, 0.25) is 0 Å². The maximum atomic E-state index is 12.1. The van der Waals surface area contributed by atoms with Crippen molar-refractivity contribution in [2.45, 2.75) is 58.1 Å². The van der Waals surface area contributed by atoms with Crippen molar-refractivity contribution in [1.82, 2.24) is 0 Å². The smallest absolute Gasteiger partial charge is 0.227 e. The van der Waals surface area contributed by atoms with Crippen molar-refractivity contribution in [3.8, 4) is 0 Å². The van der Waals surface area contributed by atoms with E-state index in [9.17, 15) is 9.90 Å². The summed E-state index contributed by atoms with van der Waals surface area (Å²) in [5.41, 5.74) is 1.89. The van der Waals surface area contributed by atoms with Gasteiger partial charge in [-0.1, -0.05) is 38.8 Å². The summed E-state index contributed by atoms with van der Waals surface area (Å²) in [5.74, 6) is -0.0457. The number of aliphatic hydroxyl groups excluding tert-OH is 1. The molecule has 1 aromatic rings. The number of carbonyl (C=O) groups is 1. The molecule has 0 saturated heterocycles. The number of anilines is 2. The summed E-state index contributed by atoms with van der Waals surface area (Å²) >= 11 is 0. The summed E-state index contributed by atoms with van der Waals surface area (Å²) in [6.07, 6.45) is 4.53. The molecule has 2 rings (SSSR count). The molecule has 1 aliphatic carbocycles. The summed E-state index contributed by atoms with van der Waals surface area (Å²) in [4.78, 5) is 14.4. The molecule has 1 aliphatic rings. The second kappa shape index (κ2) is 7.63. The van der Waals surface area contributed by atoms with Crippen LogP contribution in [-0.4, -0.2) is 30.2 Å². The fraction of sp³-hybridized carbons (Fsp3) is 0.611. The first-order valence-corrected chi connectivity index (χ1v) is 8.29. The second-order valence-corrected chi connectivity index (χ2v) is 6.63. The molecule has 0 radical (unpaired) electrons. The van der Waals surface area contributed by atoms with Crippen LogP contribution in [0.3, 0.4) is 0 Å². The Morgan fingerprint density at radius 2 is 1.95 bits per heavy atom. The van der Waals surface area contributed by atoms with E-state index in [1.165, 1.54) is 25.7 Å². The molecule has 1 fully saturated rings. The zero-order valence-corrected chi connectivity index (χ0v) is 13.9. The van der Waals surface area contributed by atoms with E-state index < -0.39 is 6.10 Å². The van der Waals surface area contributed by atoms with Gasteiger partial charge in [-0.15, -0.1) is 0 Å². The number of aliphatic hydroxyl groups is 1. The maximum Gasteiger partial charge on any atom is 0.227 e. The Bertz CT molecular complexity index is 496. The van der Waals surface area contributed by atoms with Crippen molar-refractivity contribution in [3.05, 3.63) is 24.3 Å². The Labute approximate surface area is 133 Å². The predicted molar refractivity (Wildman–Crippen MR) is 91.2 cm³/mol. The first kappa shape index (κ1) is 16.8. The van der Waals surface area contributed by atoms with E-state index in [0.717, 1.165) is 11.4 Å². The summed E-state index contributed by atoms with van der Waals surface area (Å²) in [6.45, 7) is 3.83. The van der Waals surface area contributed by atoms with Crippen LogP contribution in [0.4, 0.5) is 11.4 Å². The molecular weight excluding hydrogens is 276 g/mol. The molecule has 1 saturated carbocycles. The lowest BCUT2D eigenvalue weighted by molar-refractivity contribution is -0.118. The van der Waals surface area contributed by atoms with E-state index >= 15 is 0 Å². The average Bonchev–Trinajstić information content (AvgIpc) is 3.01. The Kier molecular flexibility index (Phi) is 5.83. The Morgan fingerprint density at radius 3 is 2.59 bits per heavy atom. The number of benzene rings is 1. The van der Waals surface area contributed by atoms with Gasteiger partial charge in [0.25, 0.3) is 0 Å². The predicted octanol–water partition coefficient (Wildman–Crippen LogP) is 3.41. The highest BCUT2D eigenvalue weighted by Crippen LogP contribution is 2.31. The van der Waals surface area contributed by atoms with E-state index in [4.69, 9.17) is 0 Å². The van der Waals surface area contributed by atoms with Crippen LogP contribution in [-0.2, 0) is 4.79 Å². The van der Waals surface area contributed by atoms with E-state index in [0.29, 0.717) is 6.04 Å². The molecule has 1 amide bonds. The normalized spacial score (nSPS) is 16.8. The molecule has 0 heterocycles. The van der Waals surface area contributed by atoms with Gasteiger partial charge in [0.1, 0.15) is 0 Å². The number of rotatable bonds is 6. The largest absolute Gasteiger partial charge is 0.392 e. The van der Waals surface area contributed by atoms with Crippen LogP contribution in [0.15, 0.2) is 24.3 Å². The number of amides is 1. The highest BCUT2D eigenvalue weighted by atomic mass is 16.3. The molecule has 1 atom stereocenters. The van der Waals surface area contributed by atoms with E-state index in [-0.39, 0.29) is 18.2 Å². The number of hydrogen-bond donors (Lipinski definition) is 2. The van der Waals surface area contributed by atoms with Crippen molar-refractivity contribution in [3.63, 3.8) is 0 Å². The van der Waals surface area contributed by atoms with Gasteiger partial charge in [0.2, 0.25) is 5.91 Å². The van der Waals surface area contributed by atoms with Crippen LogP contribution in [0.1, 0.15) is 46.0 Å². The third-order valence-electron chi connectivity index (χ3n) is 4.59. The van der Waals surface area contributed by atoms with E-state index in [1.54, 1.807) is 0 Å². The van der Waals surface area contributed by atoms with Gasteiger partial charge in [0, 0.05) is 13.1 Å². The highest BCUT2D eigenvalue weighted by Gasteiger charge is 2.22. The molecule has 1 aromatic carbocycles. The van der Waals surface area contributed by atoms with Crippen molar-refractivity contribution in [1.29, 1.82) is 0 Å². The lowest BCUT2D eigenvalue weighted by atomic mass is 10.0. The molecule has 4 nitrogen and oxygen atoms in total. The number of nitrogens with zero attached hydrogens (tertiary/aromatic N) is 1. The first-order chi connectivity index (χ1) is 10.5. The SMILES string of the molecule is CC(C)C(O)CC(=O)Nc1ccccc1N(C)C1CCCC1. The standard InChI is InChI=1S/C18H28N2O2/c1-13(2)17(21)12-18(22)19-15-10-6-7-11-16(15)20(3)14-8-4-5-9-14/h6-7,10-11,13-14,17,21H,4-5,8-9,12H2,1-3H3,(H,19,22). The summed E-state index contributed by atoms with van der Waals surface area (Å²) < 4.78 is 0. The topological polar surface area (TPSA) is 52.6 Å². The number of para-hydroxylation sites is 2. The van der Waals surface area contributed by atoms with Crippen LogP contribution in [0, 0.1) is 5.92 Å².